The van der Waals surface area contributed by atoms with Crippen molar-refractivity contribution in [3.8, 4) is 0 Å². The minimum atomic E-state index is 0.0169. The molecule has 1 rings (SSSR count). The number of hydrogen-bond acceptors (Lipinski definition) is 3. The number of urea groups is 1. The van der Waals surface area contributed by atoms with Crippen LogP contribution in [0.4, 0.5) is 4.79 Å². The van der Waals surface area contributed by atoms with Gasteiger partial charge >= 0.3 is 6.03 Å². The maximum Gasteiger partial charge on any atom is 0.317 e. The number of rotatable bonds is 2. The molecule has 1 saturated heterocycles. The number of carbonyl (C=O) groups is 1. The van der Waals surface area contributed by atoms with Crippen LogP contribution in [-0.2, 0) is 0 Å². The predicted octanol–water partition coefficient (Wildman–Crippen LogP) is -0.319. The molecular weight excluding hydrogens is 192 g/mol. The van der Waals surface area contributed by atoms with Crippen LogP contribution in [0.2, 0.25) is 0 Å². The zero-order valence-electron chi connectivity index (χ0n) is 9.70. The maximum atomic E-state index is 11.8. The molecule has 3 N–H and O–H groups in total. The lowest BCUT2D eigenvalue weighted by atomic mass is 10.3. The van der Waals surface area contributed by atoms with Crippen molar-refractivity contribution >= 4 is 6.03 Å². The number of nitrogens with two attached hydrogens (primary N) is 1. The van der Waals surface area contributed by atoms with E-state index in [1.165, 1.54) is 0 Å². The van der Waals surface area contributed by atoms with Crippen molar-refractivity contribution < 1.29 is 4.79 Å². The summed E-state index contributed by atoms with van der Waals surface area (Å²) in [5.74, 6) is 0. The quantitative estimate of drug-likeness (QED) is 0.662. The Morgan fingerprint density at radius 3 is 2.80 bits per heavy atom. The Labute approximate surface area is 91.6 Å². The van der Waals surface area contributed by atoms with Crippen molar-refractivity contribution in [3.63, 3.8) is 0 Å². The van der Waals surface area contributed by atoms with Crippen LogP contribution in [0.5, 0.6) is 0 Å². The van der Waals surface area contributed by atoms with E-state index in [2.05, 4.69) is 17.3 Å². The van der Waals surface area contributed by atoms with E-state index in [4.69, 9.17) is 5.73 Å². The molecule has 1 heterocycles. The molecule has 5 heteroatoms. The fourth-order valence-corrected chi connectivity index (χ4v) is 1.61. The van der Waals surface area contributed by atoms with Gasteiger partial charge in [0, 0.05) is 32.2 Å². The molecular formula is C10H22N4O. The summed E-state index contributed by atoms with van der Waals surface area (Å²) in [6.07, 6.45) is 1.04. The first-order valence-electron chi connectivity index (χ1n) is 5.57. The lowest BCUT2D eigenvalue weighted by Crippen LogP contribution is -2.47. The normalized spacial score (nSPS) is 20.9. The molecule has 1 aliphatic rings. The number of likely N-dealkylation sites (N-methyl/N-ethyl adjacent to an activating group) is 1. The number of hydrogen-bond donors (Lipinski definition) is 2. The van der Waals surface area contributed by atoms with Crippen LogP contribution in [-0.4, -0.2) is 61.6 Å². The van der Waals surface area contributed by atoms with E-state index in [1.807, 2.05) is 11.8 Å². The Bertz CT molecular complexity index is 210. The first-order chi connectivity index (χ1) is 7.13. The molecule has 1 unspecified atom stereocenters. The van der Waals surface area contributed by atoms with E-state index in [0.29, 0.717) is 6.54 Å². The van der Waals surface area contributed by atoms with Gasteiger partial charge in [-0.05, 0) is 26.9 Å². The molecule has 88 valence electrons. The van der Waals surface area contributed by atoms with Gasteiger partial charge in [0.2, 0.25) is 0 Å². The van der Waals surface area contributed by atoms with Gasteiger partial charge < -0.3 is 20.9 Å². The van der Waals surface area contributed by atoms with E-state index < -0.39 is 0 Å². The third kappa shape index (κ3) is 4.05. The van der Waals surface area contributed by atoms with Crippen LogP contribution in [0.1, 0.15) is 13.3 Å². The number of nitrogens with one attached hydrogen (secondary N) is 1. The first-order valence-corrected chi connectivity index (χ1v) is 5.57. The molecule has 1 atom stereocenters. The molecule has 5 nitrogen and oxygen atoms in total. The van der Waals surface area contributed by atoms with Gasteiger partial charge in [0.15, 0.2) is 0 Å². The molecule has 2 amide bonds. The molecule has 1 aliphatic heterocycles. The van der Waals surface area contributed by atoms with Crippen molar-refractivity contribution in [2.75, 3.05) is 39.8 Å². The highest BCUT2D eigenvalue weighted by atomic mass is 16.2. The second-order valence-electron chi connectivity index (χ2n) is 4.23. The Hall–Kier alpha value is -0.810. The van der Waals surface area contributed by atoms with E-state index in [9.17, 15) is 4.79 Å². The fraction of sp³-hybridized carbons (Fsp3) is 0.900. The maximum absolute atomic E-state index is 11.8. The highest BCUT2D eigenvalue weighted by molar-refractivity contribution is 5.74. The van der Waals surface area contributed by atoms with Gasteiger partial charge in [-0.3, -0.25) is 0 Å². The van der Waals surface area contributed by atoms with Crippen molar-refractivity contribution in [2.45, 2.75) is 19.4 Å². The lowest BCUT2D eigenvalue weighted by Gasteiger charge is -2.23. The van der Waals surface area contributed by atoms with Crippen LogP contribution >= 0.6 is 0 Å². The molecule has 1 fully saturated rings. The summed E-state index contributed by atoms with van der Waals surface area (Å²) in [6, 6.07) is 0.0710. The minimum Gasteiger partial charge on any atom is -0.334 e. The van der Waals surface area contributed by atoms with Crippen LogP contribution in [0, 0.1) is 0 Å². The van der Waals surface area contributed by atoms with Crippen molar-refractivity contribution in [2.24, 2.45) is 5.73 Å². The second kappa shape index (κ2) is 5.92. The summed E-state index contributed by atoms with van der Waals surface area (Å²) in [5, 5.41) is 2.89. The summed E-state index contributed by atoms with van der Waals surface area (Å²) in [6.45, 7) is 6.06. The summed E-state index contributed by atoms with van der Waals surface area (Å²) in [7, 11) is 2.09. The van der Waals surface area contributed by atoms with E-state index >= 15 is 0 Å². The molecule has 0 spiro atoms. The Morgan fingerprint density at radius 2 is 2.13 bits per heavy atom. The highest BCUT2D eigenvalue weighted by Crippen LogP contribution is 2.01. The van der Waals surface area contributed by atoms with Crippen molar-refractivity contribution in [1.82, 2.24) is 15.1 Å². The largest absolute Gasteiger partial charge is 0.334 e. The Morgan fingerprint density at radius 1 is 1.40 bits per heavy atom. The van der Waals surface area contributed by atoms with Gasteiger partial charge in [0.25, 0.3) is 0 Å². The zero-order valence-corrected chi connectivity index (χ0v) is 9.70. The summed E-state index contributed by atoms with van der Waals surface area (Å²) in [4.78, 5) is 15.9. The molecule has 0 aromatic heterocycles. The molecule has 0 radical (unpaired) electrons. The second-order valence-corrected chi connectivity index (χ2v) is 4.23. The average molecular weight is 214 g/mol. The molecule has 0 aliphatic carbocycles. The molecule has 0 aromatic carbocycles. The fourth-order valence-electron chi connectivity index (χ4n) is 1.61. The van der Waals surface area contributed by atoms with Gasteiger partial charge in [0.1, 0.15) is 0 Å². The molecule has 15 heavy (non-hydrogen) atoms. The van der Waals surface area contributed by atoms with E-state index in [0.717, 1.165) is 32.6 Å². The SMILES string of the molecule is CC(CN)NC(=O)N1CCCN(C)CC1. The summed E-state index contributed by atoms with van der Waals surface area (Å²) in [5.41, 5.74) is 5.46. The summed E-state index contributed by atoms with van der Waals surface area (Å²) < 4.78 is 0. The smallest absolute Gasteiger partial charge is 0.317 e. The van der Waals surface area contributed by atoms with E-state index in [-0.39, 0.29) is 12.1 Å². The zero-order chi connectivity index (χ0) is 11.3. The van der Waals surface area contributed by atoms with Crippen LogP contribution in [0.3, 0.4) is 0 Å². The minimum absolute atomic E-state index is 0.0169. The van der Waals surface area contributed by atoms with Gasteiger partial charge in [-0.2, -0.15) is 0 Å². The number of carbonyl (C=O) groups excluding carboxylic acids is 1. The Kier molecular flexibility index (Phi) is 4.84. The standard InChI is InChI=1S/C10H22N4O/c1-9(8-11)12-10(15)14-5-3-4-13(2)6-7-14/h9H,3-8,11H2,1-2H3,(H,12,15). The molecule has 0 bridgehead atoms. The van der Waals surface area contributed by atoms with Crippen LogP contribution in [0.15, 0.2) is 0 Å². The molecule has 0 aromatic rings. The van der Waals surface area contributed by atoms with Crippen molar-refractivity contribution in [1.29, 1.82) is 0 Å². The van der Waals surface area contributed by atoms with Gasteiger partial charge in [-0.25, -0.2) is 4.79 Å². The van der Waals surface area contributed by atoms with Gasteiger partial charge in [-0.1, -0.05) is 0 Å². The topological polar surface area (TPSA) is 61.6 Å². The lowest BCUT2D eigenvalue weighted by molar-refractivity contribution is 0.196. The van der Waals surface area contributed by atoms with Gasteiger partial charge in [0.05, 0.1) is 0 Å². The monoisotopic (exact) mass is 214 g/mol. The van der Waals surface area contributed by atoms with E-state index in [1.54, 1.807) is 0 Å². The van der Waals surface area contributed by atoms with Gasteiger partial charge in [-0.15, -0.1) is 0 Å². The number of amides is 2. The first kappa shape index (κ1) is 12.3. The van der Waals surface area contributed by atoms with Crippen LogP contribution < -0.4 is 11.1 Å². The third-order valence-electron chi connectivity index (χ3n) is 2.73. The van der Waals surface area contributed by atoms with Crippen LogP contribution in [0.25, 0.3) is 0 Å². The average Bonchev–Trinajstić information content (AvgIpc) is 2.42. The third-order valence-corrected chi connectivity index (χ3v) is 2.73. The number of nitrogens with zero attached hydrogens (tertiary/aromatic N) is 2. The Balaban J connectivity index is 2.38. The van der Waals surface area contributed by atoms with Crippen molar-refractivity contribution in [3.05, 3.63) is 0 Å². The highest BCUT2D eigenvalue weighted by Gasteiger charge is 2.17. The predicted molar refractivity (Wildman–Crippen MR) is 60.7 cm³/mol. The summed E-state index contributed by atoms with van der Waals surface area (Å²) >= 11 is 0. The molecule has 0 saturated carbocycles.